The second kappa shape index (κ2) is 4.93. The van der Waals surface area contributed by atoms with Crippen molar-refractivity contribution in [1.29, 1.82) is 0 Å². The van der Waals surface area contributed by atoms with E-state index in [9.17, 15) is 0 Å². The molecule has 5 heteroatoms. The molecule has 0 bridgehead atoms. The summed E-state index contributed by atoms with van der Waals surface area (Å²) in [7, 11) is 1.59. The van der Waals surface area contributed by atoms with Gasteiger partial charge in [0.05, 0.1) is 19.8 Å². The number of rotatable bonds is 3. The zero-order valence-electron chi connectivity index (χ0n) is 8.77. The molecule has 1 aromatic heterocycles. The molecule has 1 saturated heterocycles. The highest BCUT2D eigenvalue weighted by molar-refractivity contribution is 5.38. The van der Waals surface area contributed by atoms with E-state index < -0.39 is 0 Å². The molecule has 1 unspecified atom stereocenters. The van der Waals surface area contributed by atoms with Crippen molar-refractivity contribution < 1.29 is 9.47 Å². The molecule has 0 aliphatic carbocycles. The number of nitrogens with one attached hydrogen (secondary N) is 1. The normalized spacial score (nSPS) is 21.0. The maximum Gasteiger partial charge on any atom is 0.218 e. The lowest BCUT2D eigenvalue weighted by Gasteiger charge is -2.23. The molecule has 1 N–H and O–H groups in total. The number of hydrogen-bond acceptors (Lipinski definition) is 5. The van der Waals surface area contributed by atoms with Crippen molar-refractivity contribution in [2.75, 3.05) is 25.6 Å². The number of hydrogen-bond donors (Lipinski definition) is 1. The first-order valence-corrected chi connectivity index (χ1v) is 5.09. The number of nitrogens with zero attached hydrogens (tertiary/aromatic N) is 2. The number of ether oxygens (including phenoxy) is 2. The van der Waals surface area contributed by atoms with E-state index in [1.165, 1.54) is 6.33 Å². The Labute approximate surface area is 88.8 Å². The van der Waals surface area contributed by atoms with Crippen LogP contribution in [0.2, 0.25) is 0 Å². The van der Waals surface area contributed by atoms with E-state index in [2.05, 4.69) is 15.3 Å². The van der Waals surface area contributed by atoms with E-state index in [0.29, 0.717) is 11.9 Å². The van der Waals surface area contributed by atoms with E-state index in [-0.39, 0.29) is 0 Å². The van der Waals surface area contributed by atoms with Crippen LogP contribution in [0.25, 0.3) is 0 Å². The third-order valence-corrected chi connectivity index (χ3v) is 2.36. The molecule has 1 aromatic rings. The maximum atomic E-state index is 5.37. The van der Waals surface area contributed by atoms with Crippen LogP contribution in [0, 0.1) is 0 Å². The third-order valence-electron chi connectivity index (χ3n) is 2.36. The molecule has 0 spiro atoms. The van der Waals surface area contributed by atoms with Gasteiger partial charge in [-0.1, -0.05) is 0 Å². The quantitative estimate of drug-likeness (QED) is 0.807. The van der Waals surface area contributed by atoms with Crippen LogP contribution < -0.4 is 10.1 Å². The minimum absolute atomic E-state index is 0.346. The third kappa shape index (κ3) is 2.79. The van der Waals surface area contributed by atoms with E-state index in [0.717, 1.165) is 31.9 Å². The molecular formula is C10H15N3O2. The lowest BCUT2D eigenvalue weighted by Crippen LogP contribution is -2.30. The Kier molecular flexibility index (Phi) is 3.34. The van der Waals surface area contributed by atoms with Crippen LogP contribution in [-0.2, 0) is 4.74 Å². The summed E-state index contributed by atoms with van der Waals surface area (Å²) in [4.78, 5) is 8.07. The van der Waals surface area contributed by atoms with Crippen LogP contribution in [0.5, 0.6) is 5.88 Å². The van der Waals surface area contributed by atoms with Crippen LogP contribution in [0.3, 0.4) is 0 Å². The Morgan fingerprint density at radius 3 is 3.20 bits per heavy atom. The fourth-order valence-electron chi connectivity index (χ4n) is 1.59. The molecule has 0 amide bonds. The first-order valence-electron chi connectivity index (χ1n) is 5.09. The summed E-state index contributed by atoms with van der Waals surface area (Å²) >= 11 is 0. The van der Waals surface area contributed by atoms with Gasteiger partial charge in [0.1, 0.15) is 12.1 Å². The summed E-state index contributed by atoms with van der Waals surface area (Å²) in [5.41, 5.74) is 0. The SMILES string of the molecule is COc1cc(NC2CCCOC2)ncn1. The first-order chi connectivity index (χ1) is 7.38. The minimum Gasteiger partial charge on any atom is -0.481 e. The summed E-state index contributed by atoms with van der Waals surface area (Å²) in [6.45, 7) is 1.61. The van der Waals surface area contributed by atoms with Gasteiger partial charge in [-0.25, -0.2) is 9.97 Å². The average molecular weight is 209 g/mol. The van der Waals surface area contributed by atoms with E-state index in [4.69, 9.17) is 9.47 Å². The topological polar surface area (TPSA) is 56.3 Å². The predicted molar refractivity (Wildman–Crippen MR) is 56.0 cm³/mol. The number of anilines is 1. The van der Waals surface area contributed by atoms with E-state index in [1.54, 1.807) is 13.2 Å². The highest BCUT2D eigenvalue weighted by Crippen LogP contribution is 2.14. The van der Waals surface area contributed by atoms with Crippen molar-refractivity contribution in [2.45, 2.75) is 18.9 Å². The lowest BCUT2D eigenvalue weighted by molar-refractivity contribution is 0.0875. The summed E-state index contributed by atoms with van der Waals surface area (Å²) in [5.74, 6) is 1.36. The van der Waals surface area contributed by atoms with Crippen molar-refractivity contribution in [3.05, 3.63) is 12.4 Å². The Morgan fingerprint density at radius 1 is 1.53 bits per heavy atom. The molecule has 5 nitrogen and oxygen atoms in total. The predicted octanol–water partition coefficient (Wildman–Crippen LogP) is 1.08. The monoisotopic (exact) mass is 209 g/mol. The van der Waals surface area contributed by atoms with Gasteiger partial charge in [-0.3, -0.25) is 0 Å². The van der Waals surface area contributed by atoms with Gasteiger partial charge in [0.25, 0.3) is 0 Å². The van der Waals surface area contributed by atoms with Gasteiger partial charge >= 0.3 is 0 Å². The molecule has 1 fully saturated rings. The van der Waals surface area contributed by atoms with Crippen molar-refractivity contribution >= 4 is 5.82 Å². The second-order valence-corrected chi connectivity index (χ2v) is 3.50. The van der Waals surface area contributed by atoms with Crippen molar-refractivity contribution in [1.82, 2.24) is 9.97 Å². The highest BCUT2D eigenvalue weighted by Gasteiger charge is 2.13. The Morgan fingerprint density at radius 2 is 2.47 bits per heavy atom. The van der Waals surface area contributed by atoms with Crippen molar-refractivity contribution in [3.8, 4) is 5.88 Å². The van der Waals surface area contributed by atoms with Crippen molar-refractivity contribution in [3.63, 3.8) is 0 Å². The zero-order chi connectivity index (χ0) is 10.5. The molecule has 1 atom stereocenters. The Hall–Kier alpha value is -1.36. The summed E-state index contributed by atoms with van der Waals surface area (Å²) in [6, 6.07) is 2.13. The van der Waals surface area contributed by atoms with Gasteiger partial charge < -0.3 is 14.8 Å². The molecule has 0 saturated carbocycles. The number of methoxy groups -OCH3 is 1. The van der Waals surface area contributed by atoms with E-state index in [1.807, 2.05) is 0 Å². The summed E-state index contributed by atoms with van der Waals surface area (Å²) in [5, 5.41) is 3.30. The van der Waals surface area contributed by atoms with E-state index >= 15 is 0 Å². The molecule has 2 heterocycles. The molecule has 2 rings (SSSR count). The molecule has 1 aliphatic rings. The van der Waals surface area contributed by atoms with Gasteiger partial charge in [-0.2, -0.15) is 0 Å². The minimum atomic E-state index is 0.346. The van der Waals surface area contributed by atoms with Gasteiger partial charge in [0.15, 0.2) is 0 Å². The first kappa shape index (κ1) is 10.2. The molecule has 0 radical (unpaired) electrons. The molecule has 15 heavy (non-hydrogen) atoms. The smallest absolute Gasteiger partial charge is 0.218 e. The summed E-state index contributed by atoms with van der Waals surface area (Å²) < 4.78 is 10.4. The average Bonchev–Trinajstić information content (AvgIpc) is 2.31. The standard InChI is InChI=1S/C10H15N3O2/c1-14-10-5-9(11-7-12-10)13-8-3-2-4-15-6-8/h5,7-8H,2-4,6H2,1H3,(H,11,12,13). The molecule has 1 aliphatic heterocycles. The molecule has 82 valence electrons. The van der Waals surface area contributed by atoms with Gasteiger partial charge in [0.2, 0.25) is 5.88 Å². The van der Waals surface area contributed by atoms with Gasteiger partial charge in [0, 0.05) is 12.7 Å². The van der Waals surface area contributed by atoms with Crippen LogP contribution in [0.1, 0.15) is 12.8 Å². The zero-order valence-corrected chi connectivity index (χ0v) is 8.77. The maximum absolute atomic E-state index is 5.37. The Bertz CT molecular complexity index is 313. The largest absolute Gasteiger partial charge is 0.481 e. The second-order valence-electron chi connectivity index (χ2n) is 3.50. The van der Waals surface area contributed by atoms with Crippen molar-refractivity contribution in [2.24, 2.45) is 0 Å². The highest BCUT2D eigenvalue weighted by atomic mass is 16.5. The molecule has 0 aromatic carbocycles. The fourth-order valence-corrected chi connectivity index (χ4v) is 1.59. The van der Waals surface area contributed by atoms with Crippen LogP contribution in [-0.4, -0.2) is 36.3 Å². The van der Waals surface area contributed by atoms with Gasteiger partial charge in [-0.05, 0) is 12.8 Å². The molecular weight excluding hydrogens is 194 g/mol. The number of aromatic nitrogens is 2. The Balaban J connectivity index is 1.96. The van der Waals surface area contributed by atoms with Crippen LogP contribution in [0.15, 0.2) is 12.4 Å². The summed E-state index contributed by atoms with van der Waals surface area (Å²) in [6.07, 6.45) is 3.71. The fraction of sp³-hybridized carbons (Fsp3) is 0.600. The van der Waals surface area contributed by atoms with Crippen LogP contribution in [0.4, 0.5) is 5.82 Å². The van der Waals surface area contributed by atoms with Gasteiger partial charge in [-0.15, -0.1) is 0 Å². The lowest BCUT2D eigenvalue weighted by atomic mass is 10.1. The van der Waals surface area contributed by atoms with Crippen LogP contribution >= 0.6 is 0 Å².